The first-order valence-corrected chi connectivity index (χ1v) is 9.31. The Balaban J connectivity index is 2.11. The molecule has 0 unspecified atom stereocenters. The monoisotopic (exact) mass is 332 g/mol. The summed E-state index contributed by atoms with van der Waals surface area (Å²) in [6.07, 6.45) is 0.741. The van der Waals surface area contributed by atoms with E-state index in [9.17, 15) is 8.42 Å². The van der Waals surface area contributed by atoms with Crippen molar-refractivity contribution in [1.82, 2.24) is 15.5 Å². The molecule has 0 spiro atoms. The van der Waals surface area contributed by atoms with Gasteiger partial charge in [-0.1, -0.05) is 25.2 Å². The summed E-state index contributed by atoms with van der Waals surface area (Å²) in [7, 11) is -3.56. The van der Waals surface area contributed by atoms with Crippen molar-refractivity contribution in [3.05, 3.63) is 22.0 Å². The Kier molecular flexibility index (Phi) is 5.08. The van der Waals surface area contributed by atoms with Gasteiger partial charge in [0.2, 0.25) is 5.13 Å². The van der Waals surface area contributed by atoms with E-state index in [1.54, 1.807) is 6.07 Å². The summed E-state index contributed by atoms with van der Waals surface area (Å²) in [5, 5.41) is 12.0. The molecular weight excluding hydrogens is 316 g/mol. The van der Waals surface area contributed by atoms with Gasteiger partial charge in [-0.05, 0) is 25.1 Å². The lowest BCUT2D eigenvalue weighted by Crippen LogP contribution is -2.11. The molecule has 0 amide bonds. The summed E-state index contributed by atoms with van der Waals surface area (Å²) in [4.78, 5) is 0.985. The number of nitrogens with zero attached hydrogens (tertiary/aromatic N) is 2. The first-order valence-electron chi connectivity index (χ1n) is 6.19. The number of hydrogen-bond donors (Lipinski definition) is 2. The molecule has 2 rings (SSSR count). The van der Waals surface area contributed by atoms with E-state index < -0.39 is 10.0 Å². The summed E-state index contributed by atoms with van der Waals surface area (Å²) >= 11 is 2.51. The Labute approximate surface area is 126 Å². The molecule has 110 valence electrons. The molecule has 0 fully saturated rings. The Morgan fingerprint density at radius 3 is 2.65 bits per heavy atom. The number of rotatable bonds is 7. The minimum absolute atomic E-state index is 0.290. The number of anilines is 1. The fraction of sp³-hybridized carbons (Fsp3) is 0.455. The molecule has 0 saturated heterocycles. The largest absolute Gasteiger partial charge is 0.312 e. The van der Waals surface area contributed by atoms with Crippen LogP contribution in [0.1, 0.15) is 23.7 Å². The van der Waals surface area contributed by atoms with Gasteiger partial charge in [-0.15, -0.1) is 21.5 Å². The molecule has 0 saturated carbocycles. The maximum Gasteiger partial charge on any atom is 0.273 e. The van der Waals surface area contributed by atoms with Crippen molar-refractivity contribution in [3.8, 4) is 0 Å². The van der Waals surface area contributed by atoms with Crippen molar-refractivity contribution in [2.45, 2.75) is 31.0 Å². The topological polar surface area (TPSA) is 84.0 Å². The lowest BCUT2D eigenvalue weighted by Gasteiger charge is -2.01. The van der Waals surface area contributed by atoms with E-state index in [0.717, 1.165) is 22.9 Å². The summed E-state index contributed by atoms with van der Waals surface area (Å²) in [6.45, 7) is 5.48. The van der Waals surface area contributed by atoms with Crippen LogP contribution in [-0.2, 0) is 23.0 Å². The third-order valence-corrected chi connectivity index (χ3v) is 6.47. The van der Waals surface area contributed by atoms with Crippen LogP contribution in [0.5, 0.6) is 0 Å². The van der Waals surface area contributed by atoms with Gasteiger partial charge in [-0.25, -0.2) is 8.42 Å². The number of nitrogens with one attached hydrogen (secondary N) is 2. The number of sulfonamides is 1. The molecule has 0 aliphatic carbocycles. The third kappa shape index (κ3) is 3.75. The summed E-state index contributed by atoms with van der Waals surface area (Å²) in [5.74, 6) is 0. The normalized spacial score (nSPS) is 11.7. The van der Waals surface area contributed by atoms with Crippen molar-refractivity contribution in [1.29, 1.82) is 0 Å². The van der Waals surface area contributed by atoms with Crippen LogP contribution in [0.4, 0.5) is 5.13 Å². The van der Waals surface area contributed by atoms with Crippen LogP contribution in [0.2, 0.25) is 0 Å². The predicted octanol–water partition coefficient (Wildman–Crippen LogP) is 2.07. The second-order valence-electron chi connectivity index (χ2n) is 3.96. The van der Waals surface area contributed by atoms with Gasteiger partial charge in [0.15, 0.2) is 0 Å². The molecule has 0 aromatic carbocycles. The number of aryl methyl sites for hydroxylation is 1. The molecule has 6 nitrogen and oxygen atoms in total. The van der Waals surface area contributed by atoms with E-state index in [0.29, 0.717) is 15.9 Å². The fourth-order valence-electron chi connectivity index (χ4n) is 1.45. The molecule has 0 aliphatic heterocycles. The minimum Gasteiger partial charge on any atom is -0.312 e. The molecule has 2 aromatic heterocycles. The fourth-order valence-corrected chi connectivity index (χ4v) is 4.68. The smallest absolute Gasteiger partial charge is 0.273 e. The highest BCUT2D eigenvalue weighted by Gasteiger charge is 2.19. The molecule has 20 heavy (non-hydrogen) atoms. The highest BCUT2D eigenvalue weighted by atomic mass is 32.2. The lowest BCUT2D eigenvalue weighted by atomic mass is 10.4. The second kappa shape index (κ2) is 6.61. The summed E-state index contributed by atoms with van der Waals surface area (Å²) < 4.78 is 27.2. The van der Waals surface area contributed by atoms with E-state index in [2.05, 4.69) is 20.2 Å². The van der Waals surface area contributed by atoms with Gasteiger partial charge in [0.05, 0.1) is 0 Å². The number of aromatic nitrogens is 2. The molecule has 2 N–H and O–H groups in total. The van der Waals surface area contributed by atoms with Gasteiger partial charge in [0, 0.05) is 11.4 Å². The zero-order valence-corrected chi connectivity index (χ0v) is 13.7. The van der Waals surface area contributed by atoms with E-state index in [1.165, 1.54) is 22.7 Å². The summed E-state index contributed by atoms with van der Waals surface area (Å²) in [5.41, 5.74) is 0. The van der Waals surface area contributed by atoms with E-state index in [-0.39, 0.29) is 0 Å². The Hall–Kier alpha value is -1.03. The number of hydrogen-bond acceptors (Lipinski definition) is 7. The second-order valence-corrected chi connectivity index (χ2v) is 8.10. The molecular formula is C11H16N4O2S3. The Morgan fingerprint density at radius 1 is 1.20 bits per heavy atom. The van der Waals surface area contributed by atoms with Crippen LogP contribution in [0, 0.1) is 0 Å². The van der Waals surface area contributed by atoms with Crippen LogP contribution < -0.4 is 10.0 Å². The van der Waals surface area contributed by atoms with Crippen molar-refractivity contribution >= 4 is 37.8 Å². The van der Waals surface area contributed by atoms with Crippen LogP contribution in [0.3, 0.4) is 0 Å². The Bertz CT molecular complexity index is 663. The highest BCUT2D eigenvalue weighted by Crippen LogP contribution is 2.25. The minimum atomic E-state index is -3.56. The van der Waals surface area contributed by atoms with Crippen molar-refractivity contribution in [2.24, 2.45) is 0 Å². The molecule has 2 heterocycles. The van der Waals surface area contributed by atoms with Crippen molar-refractivity contribution in [2.75, 3.05) is 11.3 Å². The molecule has 0 atom stereocenters. The van der Waals surface area contributed by atoms with Crippen LogP contribution in [0.25, 0.3) is 0 Å². The van der Waals surface area contributed by atoms with Crippen LogP contribution >= 0.6 is 22.7 Å². The van der Waals surface area contributed by atoms with Gasteiger partial charge in [-0.2, -0.15) is 0 Å². The van der Waals surface area contributed by atoms with Gasteiger partial charge >= 0.3 is 0 Å². The third-order valence-electron chi connectivity index (χ3n) is 2.44. The predicted molar refractivity (Wildman–Crippen MR) is 81.8 cm³/mol. The first-order chi connectivity index (χ1) is 9.55. The first kappa shape index (κ1) is 15.4. The van der Waals surface area contributed by atoms with Gasteiger partial charge in [0.25, 0.3) is 10.0 Å². The van der Waals surface area contributed by atoms with Crippen LogP contribution in [0.15, 0.2) is 16.3 Å². The van der Waals surface area contributed by atoms with E-state index in [1.807, 2.05) is 19.9 Å². The zero-order valence-electron chi connectivity index (χ0n) is 11.2. The molecule has 0 aliphatic rings. The highest BCUT2D eigenvalue weighted by molar-refractivity contribution is 7.94. The maximum atomic E-state index is 12.2. The molecule has 2 aromatic rings. The quantitative estimate of drug-likeness (QED) is 0.811. The number of thiophene rings is 1. The lowest BCUT2D eigenvalue weighted by molar-refractivity contribution is 0.603. The van der Waals surface area contributed by atoms with Gasteiger partial charge in [0.1, 0.15) is 9.22 Å². The van der Waals surface area contributed by atoms with Gasteiger partial charge < -0.3 is 5.32 Å². The van der Waals surface area contributed by atoms with E-state index >= 15 is 0 Å². The maximum absolute atomic E-state index is 12.2. The van der Waals surface area contributed by atoms with Crippen molar-refractivity contribution < 1.29 is 8.42 Å². The average molecular weight is 332 g/mol. The Morgan fingerprint density at radius 2 is 2.00 bits per heavy atom. The zero-order chi connectivity index (χ0) is 14.6. The SMILES string of the molecule is CCNCc1ccc(S(=O)(=O)Nc2nnc(CC)s2)s1. The molecule has 0 bridgehead atoms. The van der Waals surface area contributed by atoms with E-state index in [4.69, 9.17) is 0 Å². The standard InChI is InChI=1S/C11H16N4O2S3/c1-3-9-13-14-11(19-9)15-20(16,17)10-6-5-8(18-10)7-12-4-2/h5-6,12H,3-4,7H2,1-2H3,(H,14,15). The van der Waals surface area contributed by atoms with Gasteiger partial charge in [-0.3, -0.25) is 4.72 Å². The average Bonchev–Trinajstić information content (AvgIpc) is 3.04. The molecule has 9 heteroatoms. The molecule has 0 radical (unpaired) electrons. The van der Waals surface area contributed by atoms with Crippen LogP contribution in [-0.4, -0.2) is 25.2 Å². The summed E-state index contributed by atoms with van der Waals surface area (Å²) in [6, 6.07) is 3.43. The van der Waals surface area contributed by atoms with Crippen molar-refractivity contribution in [3.63, 3.8) is 0 Å².